The fourth-order valence-corrected chi connectivity index (χ4v) is 3.70. The molecule has 0 heterocycles. The summed E-state index contributed by atoms with van der Waals surface area (Å²) < 4.78 is 4.76. The molecule has 0 N–H and O–H groups in total. The smallest absolute Gasteiger partial charge is 0.337 e. The van der Waals surface area contributed by atoms with Crippen LogP contribution in [0.4, 0.5) is 5.69 Å². The van der Waals surface area contributed by atoms with Gasteiger partial charge < -0.3 is 4.74 Å². The lowest BCUT2D eigenvalue weighted by molar-refractivity contribution is -0.116. The minimum absolute atomic E-state index is 0.208. The molecule has 3 rings (SSSR count). The second-order valence-electron chi connectivity index (χ2n) is 7.33. The lowest BCUT2D eigenvalue weighted by Gasteiger charge is -2.23. The van der Waals surface area contributed by atoms with E-state index in [1.807, 2.05) is 12.1 Å². The highest BCUT2D eigenvalue weighted by Crippen LogP contribution is 2.45. The van der Waals surface area contributed by atoms with Gasteiger partial charge in [-0.2, -0.15) is 5.10 Å². The number of allylic oxidation sites excluding steroid dienone is 2. The molecule has 2 aromatic rings. The Morgan fingerprint density at radius 3 is 2.46 bits per heavy atom. The van der Waals surface area contributed by atoms with Crippen LogP contribution in [0.1, 0.15) is 49.2 Å². The number of hydrogen-bond donors (Lipinski definition) is 0. The average Bonchev–Trinajstić information content (AvgIpc) is 2.88. The maximum Gasteiger partial charge on any atom is 0.337 e. The van der Waals surface area contributed by atoms with Gasteiger partial charge >= 0.3 is 5.97 Å². The molecule has 0 aliphatic heterocycles. The highest BCUT2D eigenvalue weighted by atomic mass is 16.5. The summed E-state index contributed by atoms with van der Waals surface area (Å²) in [6, 6.07) is 15.0. The third-order valence-corrected chi connectivity index (χ3v) is 5.19. The average molecular weight is 376 g/mol. The van der Waals surface area contributed by atoms with Crippen molar-refractivity contribution >= 4 is 29.4 Å². The Kier molecular flexibility index (Phi) is 5.18. The molecule has 28 heavy (non-hydrogen) atoms. The molecule has 0 bridgehead atoms. The van der Waals surface area contributed by atoms with Crippen LogP contribution in [0.25, 0.3) is 5.57 Å². The zero-order valence-corrected chi connectivity index (χ0v) is 16.8. The van der Waals surface area contributed by atoms with E-state index in [1.165, 1.54) is 30.2 Å². The molecule has 0 saturated carbocycles. The number of carbonyl (C=O) groups excluding carboxylic acids is 2. The Labute approximate surface area is 165 Å². The standard InChI is InChI=1S/C23H24N2O3/c1-15-19-11-6-7-12-20(19)23(3,4)21(15)14-24-25(16(2)26)18-10-8-9-17(13-18)22(27)28-5/h6-14H,1-5H3/b24-14-. The molecule has 144 valence electrons. The first-order valence-corrected chi connectivity index (χ1v) is 9.11. The number of hydrazone groups is 1. The number of amides is 1. The second kappa shape index (κ2) is 7.43. The van der Waals surface area contributed by atoms with E-state index in [4.69, 9.17) is 4.74 Å². The second-order valence-corrected chi connectivity index (χ2v) is 7.33. The predicted molar refractivity (Wildman–Crippen MR) is 111 cm³/mol. The molecule has 5 heteroatoms. The van der Waals surface area contributed by atoms with Crippen molar-refractivity contribution < 1.29 is 14.3 Å². The van der Waals surface area contributed by atoms with E-state index in [0.29, 0.717) is 11.3 Å². The number of benzene rings is 2. The van der Waals surface area contributed by atoms with E-state index >= 15 is 0 Å². The van der Waals surface area contributed by atoms with Gasteiger partial charge in [-0.05, 0) is 47.4 Å². The summed E-state index contributed by atoms with van der Waals surface area (Å²) in [5, 5.41) is 5.78. The van der Waals surface area contributed by atoms with Crippen molar-refractivity contribution in [3.05, 3.63) is 70.8 Å². The summed E-state index contributed by atoms with van der Waals surface area (Å²) in [7, 11) is 1.32. The Bertz CT molecular complexity index is 1000. The number of carbonyl (C=O) groups is 2. The number of esters is 1. The number of hydrogen-bond acceptors (Lipinski definition) is 4. The van der Waals surface area contributed by atoms with Gasteiger partial charge in [-0.25, -0.2) is 9.80 Å². The van der Waals surface area contributed by atoms with Crippen LogP contribution < -0.4 is 5.01 Å². The van der Waals surface area contributed by atoms with Crippen LogP contribution in [0, 0.1) is 0 Å². The molecule has 1 aliphatic carbocycles. The van der Waals surface area contributed by atoms with Gasteiger partial charge in [-0.15, -0.1) is 0 Å². The highest BCUT2D eigenvalue weighted by Gasteiger charge is 2.35. The number of nitrogens with zero attached hydrogens (tertiary/aromatic N) is 2. The first kappa shape index (κ1) is 19.5. The van der Waals surface area contributed by atoms with Gasteiger partial charge in [-0.3, -0.25) is 4.79 Å². The molecule has 1 amide bonds. The quantitative estimate of drug-likeness (QED) is 0.446. The van der Waals surface area contributed by atoms with E-state index in [9.17, 15) is 9.59 Å². The monoisotopic (exact) mass is 376 g/mol. The lowest BCUT2D eigenvalue weighted by Crippen LogP contribution is -2.24. The summed E-state index contributed by atoms with van der Waals surface area (Å²) in [6.07, 6.45) is 1.75. The van der Waals surface area contributed by atoms with Gasteiger partial charge in [0.25, 0.3) is 0 Å². The van der Waals surface area contributed by atoms with Crippen LogP contribution >= 0.6 is 0 Å². The van der Waals surface area contributed by atoms with Crippen LogP contribution in [0.3, 0.4) is 0 Å². The van der Waals surface area contributed by atoms with Gasteiger partial charge in [0.15, 0.2) is 0 Å². The molecule has 2 aromatic carbocycles. The molecule has 0 radical (unpaired) electrons. The molecule has 0 atom stereocenters. The zero-order valence-electron chi connectivity index (χ0n) is 16.8. The van der Waals surface area contributed by atoms with E-state index < -0.39 is 5.97 Å². The fourth-order valence-electron chi connectivity index (χ4n) is 3.70. The van der Waals surface area contributed by atoms with Crippen LogP contribution in [-0.2, 0) is 14.9 Å². The van der Waals surface area contributed by atoms with Crippen molar-refractivity contribution in [1.82, 2.24) is 0 Å². The van der Waals surface area contributed by atoms with Crippen LogP contribution in [0.5, 0.6) is 0 Å². The fraction of sp³-hybridized carbons (Fsp3) is 0.261. The summed E-state index contributed by atoms with van der Waals surface area (Å²) in [6.45, 7) is 7.82. The van der Waals surface area contributed by atoms with Crippen LogP contribution in [0.2, 0.25) is 0 Å². The number of methoxy groups -OCH3 is 1. The lowest BCUT2D eigenvalue weighted by atomic mass is 9.82. The summed E-state index contributed by atoms with van der Waals surface area (Å²) in [4.78, 5) is 24.0. The normalized spacial score (nSPS) is 14.9. The molecule has 0 aromatic heterocycles. The highest BCUT2D eigenvalue weighted by molar-refractivity contribution is 6.01. The number of anilines is 1. The van der Waals surface area contributed by atoms with E-state index in [2.05, 4.69) is 38.0 Å². The van der Waals surface area contributed by atoms with Crippen molar-refractivity contribution in [2.45, 2.75) is 33.1 Å². The molecule has 5 nitrogen and oxygen atoms in total. The van der Waals surface area contributed by atoms with Crippen LogP contribution in [-0.4, -0.2) is 25.2 Å². The summed E-state index contributed by atoms with van der Waals surface area (Å²) in [5.74, 6) is -0.704. The molecule has 0 saturated heterocycles. The number of rotatable bonds is 4. The van der Waals surface area contributed by atoms with E-state index in [0.717, 1.165) is 11.1 Å². The predicted octanol–water partition coefficient (Wildman–Crippen LogP) is 4.58. The maximum atomic E-state index is 12.2. The topological polar surface area (TPSA) is 59.0 Å². The molecule has 1 aliphatic rings. The first-order valence-electron chi connectivity index (χ1n) is 9.11. The maximum absolute atomic E-state index is 12.2. The van der Waals surface area contributed by atoms with Crippen molar-refractivity contribution in [1.29, 1.82) is 0 Å². The van der Waals surface area contributed by atoms with Gasteiger partial charge in [0.2, 0.25) is 5.91 Å². The Morgan fingerprint density at radius 2 is 1.82 bits per heavy atom. The molecule has 0 unspecified atom stereocenters. The summed E-state index contributed by atoms with van der Waals surface area (Å²) >= 11 is 0. The largest absolute Gasteiger partial charge is 0.465 e. The van der Waals surface area contributed by atoms with Gasteiger partial charge in [0.1, 0.15) is 0 Å². The van der Waals surface area contributed by atoms with Crippen molar-refractivity contribution in [3.63, 3.8) is 0 Å². The van der Waals surface area contributed by atoms with Crippen molar-refractivity contribution in [2.75, 3.05) is 12.1 Å². The van der Waals surface area contributed by atoms with Gasteiger partial charge in [0.05, 0.1) is 24.6 Å². The molecule has 0 spiro atoms. The zero-order chi connectivity index (χ0) is 20.5. The minimum atomic E-state index is -0.458. The van der Waals surface area contributed by atoms with Crippen LogP contribution in [0.15, 0.2) is 59.2 Å². The van der Waals surface area contributed by atoms with Gasteiger partial charge in [-0.1, -0.05) is 44.2 Å². The SMILES string of the molecule is COC(=O)c1cccc(N(/N=C\C2=C(C)c3ccccc3C2(C)C)C(C)=O)c1. The Hall–Kier alpha value is -3.21. The number of fused-ring (bicyclic) bond motifs is 1. The third-order valence-electron chi connectivity index (χ3n) is 5.19. The first-order chi connectivity index (χ1) is 13.3. The van der Waals surface area contributed by atoms with Gasteiger partial charge in [0, 0.05) is 12.3 Å². The van der Waals surface area contributed by atoms with Crippen molar-refractivity contribution in [3.8, 4) is 0 Å². The third kappa shape index (κ3) is 3.36. The minimum Gasteiger partial charge on any atom is -0.465 e. The van der Waals surface area contributed by atoms with Crippen molar-refractivity contribution in [2.24, 2.45) is 5.10 Å². The Morgan fingerprint density at radius 1 is 1.11 bits per heavy atom. The van der Waals surface area contributed by atoms with E-state index in [-0.39, 0.29) is 11.3 Å². The molecular weight excluding hydrogens is 352 g/mol. The molecule has 0 fully saturated rings. The number of ether oxygens (including phenoxy) is 1. The Balaban J connectivity index is 1.99. The van der Waals surface area contributed by atoms with E-state index in [1.54, 1.807) is 30.5 Å². The molecular formula is C23H24N2O3. The summed E-state index contributed by atoms with van der Waals surface area (Å²) in [5.41, 5.74) is 5.33.